The van der Waals surface area contributed by atoms with Crippen molar-refractivity contribution < 1.29 is 13.2 Å². The van der Waals surface area contributed by atoms with Gasteiger partial charge in [-0.2, -0.15) is 5.10 Å². The van der Waals surface area contributed by atoms with Gasteiger partial charge < -0.3 is 10.2 Å². The quantitative estimate of drug-likeness (QED) is 0.613. The SMILES string of the molecule is CS(=O)(=O)c1cn[nH]c1CC1CCCN(C(=O)c2ccccc2Nc2ccccc2)C1. The maximum absolute atomic E-state index is 13.4. The Morgan fingerprint density at radius 3 is 2.68 bits per heavy atom. The summed E-state index contributed by atoms with van der Waals surface area (Å²) in [6.45, 7) is 1.28. The van der Waals surface area contributed by atoms with E-state index in [9.17, 15) is 13.2 Å². The van der Waals surface area contributed by atoms with Crippen LogP contribution in [0.5, 0.6) is 0 Å². The highest BCUT2D eigenvalue weighted by atomic mass is 32.2. The van der Waals surface area contributed by atoms with E-state index >= 15 is 0 Å². The van der Waals surface area contributed by atoms with Gasteiger partial charge in [-0.05, 0) is 49.4 Å². The molecule has 1 atom stereocenters. The number of nitrogens with one attached hydrogen (secondary N) is 2. The number of likely N-dealkylation sites (tertiary alicyclic amines) is 1. The van der Waals surface area contributed by atoms with Gasteiger partial charge in [0.25, 0.3) is 5.91 Å². The molecule has 0 bridgehead atoms. The molecule has 0 aliphatic carbocycles. The van der Waals surface area contributed by atoms with Crippen LogP contribution in [0, 0.1) is 5.92 Å². The molecular formula is C23H26N4O3S. The number of carbonyl (C=O) groups is 1. The number of amides is 1. The largest absolute Gasteiger partial charge is 0.355 e. The summed E-state index contributed by atoms with van der Waals surface area (Å²) in [5.41, 5.74) is 2.94. The van der Waals surface area contributed by atoms with Crippen molar-refractivity contribution in [1.82, 2.24) is 15.1 Å². The molecule has 1 aliphatic rings. The Balaban J connectivity index is 1.49. The zero-order chi connectivity index (χ0) is 21.8. The van der Waals surface area contributed by atoms with E-state index in [1.54, 1.807) is 0 Å². The smallest absolute Gasteiger partial charge is 0.255 e. The first-order chi connectivity index (χ1) is 14.9. The first-order valence-corrected chi connectivity index (χ1v) is 12.2. The first-order valence-electron chi connectivity index (χ1n) is 10.3. The lowest BCUT2D eigenvalue weighted by molar-refractivity contribution is 0.0673. The Morgan fingerprint density at radius 2 is 1.90 bits per heavy atom. The second-order valence-corrected chi connectivity index (χ2v) is 9.97. The van der Waals surface area contributed by atoms with Crippen molar-refractivity contribution in [2.75, 3.05) is 24.7 Å². The zero-order valence-corrected chi connectivity index (χ0v) is 18.2. The summed E-state index contributed by atoms with van der Waals surface area (Å²) >= 11 is 0. The Kier molecular flexibility index (Phi) is 6.08. The number of piperidine rings is 1. The maximum atomic E-state index is 13.4. The van der Waals surface area contributed by atoms with E-state index < -0.39 is 9.84 Å². The molecule has 4 rings (SSSR count). The van der Waals surface area contributed by atoms with Crippen LogP contribution in [0.1, 0.15) is 28.9 Å². The Morgan fingerprint density at radius 1 is 1.16 bits per heavy atom. The number of H-pyrrole nitrogens is 1. The van der Waals surface area contributed by atoms with E-state index in [0.717, 1.165) is 24.2 Å². The van der Waals surface area contributed by atoms with Crippen molar-refractivity contribution in [3.05, 3.63) is 72.1 Å². The minimum atomic E-state index is -3.33. The highest BCUT2D eigenvalue weighted by Crippen LogP contribution is 2.27. The second kappa shape index (κ2) is 8.93. The minimum Gasteiger partial charge on any atom is -0.355 e. The van der Waals surface area contributed by atoms with Crippen molar-refractivity contribution in [2.45, 2.75) is 24.2 Å². The molecular weight excluding hydrogens is 412 g/mol. The highest BCUT2D eigenvalue weighted by molar-refractivity contribution is 7.90. The summed E-state index contributed by atoms with van der Waals surface area (Å²) in [5, 5.41) is 10.1. The third-order valence-electron chi connectivity index (χ3n) is 5.59. The normalized spacial score (nSPS) is 16.8. The lowest BCUT2D eigenvalue weighted by Crippen LogP contribution is -2.40. The number of rotatable bonds is 6. The van der Waals surface area contributed by atoms with Crippen LogP contribution in [0.15, 0.2) is 65.7 Å². The van der Waals surface area contributed by atoms with Gasteiger partial charge >= 0.3 is 0 Å². The molecule has 1 aliphatic heterocycles. The molecule has 3 aromatic rings. The van der Waals surface area contributed by atoms with Crippen LogP contribution in [-0.2, 0) is 16.3 Å². The van der Waals surface area contributed by atoms with Gasteiger partial charge in [0.1, 0.15) is 4.90 Å². The maximum Gasteiger partial charge on any atom is 0.255 e. The highest BCUT2D eigenvalue weighted by Gasteiger charge is 2.28. The van der Waals surface area contributed by atoms with Crippen LogP contribution in [-0.4, -0.2) is 48.8 Å². The lowest BCUT2D eigenvalue weighted by Gasteiger charge is -2.33. The van der Waals surface area contributed by atoms with E-state index in [1.165, 1.54) is 12.5 Å². The van der Waals surface area contributed by atoms with Gasteiger partial charge in [-0.25, -0.2) is 8.42 Å². The first kappa shape index (κ1) is 21.1. The van der Waals surface area contributed by atoms with Crippen LogP contribution in [0.25, 0.3) is 0 Å². The number of carbonyl (C=O) groups excluding carboxylic acids is 1. The zero-order valence-electron chi connectivity index (χ0n) is 17.4. The molecule has 162 valence electrons. The van der Waals surface area contributed by atoms with E-state index in [1.807, 2.05) is 59.5 Å². The number of para-hydroxylation sites is 2. The van der Waals surface area contributed by atoms with Gasteiger partial charge in [-0.3, -0.25) is 9.89 Å². The summed E-state index contributed by atoms with van der Waals surface area (Å²) in [7, 11) is -3.33. The predicted molar refractivity (Wildman–Crippen MR) is 120 cm³/mol. The van der Waals surface area contributed by atoms with Gasteiger partial charge in [-0.15, -0.1) is 0 Å². The van der Waals surface area contributed by atoms with Gasteiger partial charge in [0.15, 0.2) is 9.84 Å². The summed E-state index contributed by atoms with van der Waals surface area (Å²) < 4.78 is 23.9. The number of hydrogen-bond donors (Lipinski definition) is 2. The third kappa shape index (κ3) is 4.96. The Hall–Kier alpha value is -3.13. The van der Waals surface area contributed by atoms with Crippen molar-refractivity contribution in [1.29, 1.82) is 0 Å². The minimum absolute atomic E-state index is 0.0170. The molecule has 0 spiro atoms. The van der Waals surface area contributed by atoms with E-state index in [4.69, 9.17) is 0 Å². The molecule has 0 radical (unpaired) electrons. The van der Waals surface area contributed by atoms with Gasteiger partial charge in [0.05, 0.1) is 23.1 Å². The van der Waals surface area contributed by atoms with Crippen LogP contribution in [0.4, 0.5) is 11.4 Å². The average molecular weight is 439 g/mol. The number of anilines is 2. The van der Waals surface area contributed by atoms with Crippen LogP contribution < -0.4 is 5.32 Å². The molecule has 1 fully saturated rings. The Labute approximate surface area is 182 Å². The third-order valence-corrected chi connectivity index (χ3v) is 6.74. The fourth-order valence-electron chi connectivity index (χ4n) is 4.10. The number of hydrogen-bond acceptors (Lipinski definition) is 5. The molecule has 1 saturated heterocycles. The summed E-state index contributed by atoms with van der Waals surface area (Å²) in [6, 6.07) is 17.3. The van der Waals surface area contributed by atoms with Crippen molar-refractivity contribution >= 4 is 27.1 Å². The number of aromatic nitrogens is 2. The summed E-state index contributed by atoms with van der Waals surface area (Å²) in [5.74, 6) is 0.157. The number of nitrogens with zero attached hydrogens (tertiary/aromatic N) is 2. The average Bonchev–Trinajstić information content (AvgIpc) is 3.23. The molecule has 2 heterocycles. The molecule has 8 heteroatoms. The van der Waals surface area contributed by atoms with Gasteiger partial charge in [-0.1, -0.05) is 30.3 Å². The topological polar surface area (TPSA) is 95.2 Å². The molecule has 0 saturated carbocycles. The van der Waals surface area contributed by atoms with Gasteiger partial charge in [0, 0.05) is 25.0 Å². The number of aromatic amines is 1. The van der Waals surface area contributed by atoms with Crippen LogP contribution in [0.2, 0.25) is 0 Å². The Bertz CT molecular complexity index is 1160. The van der Waals surface area contributed by atoms with Crippen molar-refractivity contribution in [2.24, 2.45) is 5.92 Å². The van der Waals surface area contributed by atoms with Crippen molar-refractivity contribution in [3.63, 3.8) is 0 Å². The molecule has 7 nitrogen and oxygen atoms in total. The second-order valence-electron chi connectivity index (χ2n) is 7.99. The summed E-state index contributed by atoms with van der Waals surface area (Å²) in [6.07, 6.45) is 4.93. The van der Waals surface area contributed by atoms with Crippen LogP contribution in [0.3, 0.4) is 0 Å². The van der Waals surface area contributed by atoms with E-state index in [-0.39, 0.29) is 16.7 Å². The standard InChI is InChI=1S/C23H26N4O3S/c1-31(29,30)22-15-24-26-21(22)14-17-8-7-13-27(16-17)23(28)19-11-5-6-12-20(19)25-18-9-3-2-4-10-18/h2-6,9-12,15,17,25H,7-8,13-14,16H2,1H3,(H,24,26). The molecule has 2 aromatic carbocycles. The molecule has 2 N–H and O–H groups in total. The fourth-order valence-corrected chi connectivity index (χ4v) is 4.92. The molecule has 31 heavy (non-hydrogen) atoms. The monoisotopic (exact) mass is 438 g/mol. The number of benzene rings is 2. The molecule has 1 unspecified atom stereocenters. The van der Waals surface area contributed by atoms with E-state index in [0.29, 0.717) is 30.8 Å². The summed E-state index contributed by atoms with van der Waals surface area (Å²) in [4.78, 5) is 15.5. The molecule has 1 amide bonds. The predicted octanol–water partition coefficient (Wildman–Crippen LogP) is 3.65. The fraction of sp³-hybridized carbons (Fsp3) is 0.304. The van der Waals surface area contributed by atoms with Crippen LogP contribution >= 0.6 is 0 Å². The number of sulfone groups is 1. The van der Waals surface area contributed by atoms with E-state index in [2.05, 4.69) is 15.5 Å². The van der Waals surface area contributed by atoms with Gasteiger partial charge in [0.2, 0.25) is 0 Å². The lowest BCUT2D eigenvalue weighted by atomic mass is 9.93. The van der Waals surface area contributed by atoms with Crippen molar-refractivity contribution in [3.8, 4) is 0 Å². The molecule has 1 aromatic heterocycles.